The predicted molar refractivity (Wildman–Crippen MR) is 87.5 cm³/mol. The lowest BCUT2D eigenvalue weighted by molar-refractivity contribution is 0.0761. The summed E-state index contributed by atoms with van der Waals surface area (Å²) in [7, 11) is 1.64. The molecule has 1 N–H and O–H groups in total. The zero-order valence-corrected chi connectivity index (χ0v) is 13.4. The minimum absolute atomic E-state index is 0.0275. The Labute approximate surface area is 133 Å². The van der Waals surface area contributed by atoms with Crippen LogP contribution >= 0.6 is 11.3 Å². The molecule has 1 saturated heterocycles. The highest BCUT2D eigenvalue weighted by atomic mass is 32.1. The molecule has 1 aliphatic rings. The fourth-order valence-electron chi connectivity index (χ4n) is 2.45. The van der Waals surface area contributed by atoms with Crippen LogP contribution in [0.15, 0.2) is 29.6 Å². The monoisotopic (exact) mass is 317 g/mol. The van der Waals surface area contributed by atoms with Crippen LogP contribution < -0.4 is 10.1 Å². The summed E-state index contributed by atoms with van der Waals surface area (Å²) >= 11 is 1.50. The summed E-state index contributed by atoms with van der Waals surface area (Å²) in [6.45, 7) is 3.36. The smallest absolute Gasteiger partial charge is 0.273 e. The molecular formula is C16H19N3O2S. The van der Waals surface area contributed by atoms with Gasteiger partial charge in [-0.2, -0.15) is 0 Å². The third kappa shape index (κ3) is 3.28. The van der Waals surface area contributed by atoms with E-state index in [0.29, 0.717) is 5.69 Å². The van der Waals surface area contributed by atoms with E-state index in [9.17, 15) is 4.79 Å². The first kappa shape index (κ1) is 15.0. The second-order valence-electron chi connectivity index (χ2n) is 5.16. The van der Waals surface area contributed by atoms with Gasteiger partial charge in [0.05, 0.1) is 7.11 Å². The van der Waals surface area contributed by atoms with Crippen LogP contribution in [0.2, 0.25) is 0 Å². The van der Waals surface area contributed by atoms with Gasteiger partial charge in [-0.1, -0.05) is 0 Å². The van der Waals surface area contributed by atoms with E-state index in [4.69, 9.17) is 4.74 Å². The molecule has 116 valence electrons. The molecule has 0 saturated carbocycles. The lowest BCUT2D eigenvalue weighted by Gasteiger charge is -2.18. The van der Waals surface area contributed by atoms with E-state index in [0.717, 1.165) is 48.9 Å². The van der Waals surface area contributed by atoms with Crippen LogP contribution in [0.25, 0.3) is 10.6 Å². The van der Waals surface area contributed by atoms with Gasteiger partial charge in [0.25, 0.3) is 5.91 Å². The molecule has 0 unspecified atom stereocenters. The number of nitrogens with one attached hydrogen (secondary N) is 1. The average Bonchev–Trinajstić information content (AvgIpc) is 2.90. The Morgan fingerprint density at radius 2 is 2.09 bits per heavy atom. The van der Waals surface area contributed by atoms with Crippen LogP contribution in [0.3, 0.4) is 0 Å². The summed E-state index contributed by atoms with van der Waals surface area (Å²) < 4.78 is 5.16. The van der Waals surface area contributed by atoms with Crippen LogP contribution in [0.4, 0.5) is 0 Å². The van der Waals surface area contributed by atoms with Gasteiger partial charge in [0.2, 0.25) is 0 Å². The maximum absolute atomic E-state index is 12.5. The molecule has 2 heterocycles. The first-order valence-electron chi connectivity index (χ1n) is 7.38. The van der Waals surface area contributed by atoms with Crippen molar-refractivity contribution in [1.82, 2.24) is 15.2 Å². The van der Waals surface area contributed by atoms with Crippen LogP contribution in [-0.4, -0.2) is 49.1 Å². The van der Waals surface area contributed by atoms with E-state index < -0.39 is 0 Å². The normalized spacial score (nSPS) is 15.4. The first-order chi connectivity index (χ1) is 10.8. The molecule has 5 nitrogen and oxygen atoms in total. The van der Waals surface area contributed by atoms with Crippen LogP contribution in [-0.2, 0) is 0 Å². The van der Waals surface area contributed by atoms with Gasteiger partial charge in [-0.05, 0) is 37.2 Å². The number of nitrogens with zero attached hydrogens (tertiary/aromatic N) is 2. The topological polar surface area (TPSA) is 54.5 Å². The number of carbonyl (C=O) groups is 1. The van der Waals surface area contributed by atoms with E-state index >= 15 is 0 Å². The molecule has 0 aliphatic carbocycles. The molecule has 1 fully saturated rings. The molecule has 0 bridgehead atoms. The standard InChI is InChI=1S/C16H19N3O2S/c1-21-13-5-3-12(4-6-13)15-18-14(11-22-15)16(20)19-9-2-7-17-8-10-19/h3-6,11,17H,2,7-10H2,1H3. The van der Waals surface area contributed by atoms with Crippen molar-refractivity contribution in [2.75, 3.05) is 33.3 Å². The molecule has 1 aromatic heterocycles. The highest BCUT2D eigenvalue weighted by Crippen LogP contribution is 2.26. The van der Waals surface area contributed by atoms with Crippen molar-refractivity contribution in [2.24, 2.45) is 0 Å². The maximum Gasteiger partial charge on any atom is 0.273 e. The van der Waals surface area contributed by atoms with E-state index in [1.54, 1.807) is 7.11 Å². The molecule has 1 aliphatic heterocycles. The number of amides is 1. The number of hydrogen-bond donors (Lipinski definition) is 1. The predicted octanol–water partition coefficient (Wildman–Crippen LogP) is 2.25. The molecular weight excluding hydrogens is 298 g/mol. The van der Waals surface area contributed by atoms with Crippen molar-refractivity contribution in [3.8, 4) is 16.3 Å². The molecule has 6 heteroatoms. The minimum Gasteiger partial charge on any atom is -0.497 e. The Morgan fingerprint density at radius 1 is 1.27 bits per heavy atom. The summed E-state index contributed by atoms with van der Waals surface area (Å²) in [5.74, 6) is 0.841. The van der Waals surface area contributed by atoms with E-state index in [1.807, 2.05) is 34.5 Å². The summed E-state index contributed by atoms with van der Waals surface area (Å²) in [4.78, 5) is 18.9. The number of rotatable bonds is 3. The second kappa shape index (κ2) is 6.89. The van der Waals surface area contributed by atoms with Crippen molar-refractivity contribution < 1.29 is 9.53 Å². The van der Waals surface area contributed by atoms with Crippen molar-refractivity contribution >= 4 is 17.2 Å². The van der Waals surface area contributed by atoms with E-state index in [1.165, 1.54) is 11.3 Å². The molecule has 3 rings (SSSR count). The molecule has 1 aromatic carbocycles. The zero-order chi connectivity index (χ0) is 15.4. The molecule has 0 radical (unpaired) electrons. The summed E-state index contributed by atoms with van der Waals surface area (Å²) in [5, 5.41) is 6.01. The van der Waals surface area contributed by atoms with Crippen molar-refractivity contribution in [3.05, 3.63) is 35.3 Å². The molecule has 22 heavy (non-hydrogen) atoms. The number of hydrogen-bond acceptors (Lipinski definition) is 5. The van der Waals surface area contributed by atoms with Gasteiger partial charge >= 0.3 is 0 Å². The molecule has 2 aromatic rings. The van der Waals surface area contributed by atoms with Crippen LogP contribution in [0.5, 0.6) is 5.75 Å². The SMILES string of the molecule is COc1ccc(-c2nc(C(=O)N3CCCNCC3)cs2)cc1. The number of benzene rings is 1. The number of thiazole rings is 1. The highest BCUT2D eigenvalue weighted by Gasteiger charge is 2.20. The quantitative estimate of drug-likeness (QED) is 0.943. The summed E-state index contributed by atoms with van der Waals surface area (Å²) in [6.07, 6.45) is 0.987. The second-order valence-corrected chi connectivity index (χ2v) is 6.02. The van der Waals surface area contributed by atoms with E-state index in [-0.39, 0.29) is 5.91 Å². The van der Waals surface area contributed by atoms with Gasteiger partial charge in [0, 0.05) is 30.6 Å². The van der Waals surface area contributed by atoms with Gasteiger partial charge in [-0.15, -0.1) is 11.3 Å². The Balaban J connectivity index is 1.75. The number of methoxy groups -OCH3 is 1. The van der Waals surface area contributed by atoms with Gasteiger partial charge < -0.3 is 15.0 Å². The Bertz CT molecular complexity index is 631. The third-order valence-electron chi connectivity index (χ3n) is 3.69. The van der Waals surface area contributed by atoms with Crippen molar-refractivity contribution in [2.45, 2.75) is 6.42 Å². The lowest BCUT2D eigenvalue weighted by Crippen LogP contribution is -2.34. The molecule has 0 atom stereocenters. The minimum atomic E-state index is 0.0275. The first-order valence-corrected chi connectivity index (χ1v) is 8.26. The van der Waals surface area contributed by atoms with Gasteiger partial charge in [-0.3, -0.25) is 4.79 Å². The van der Waals surface area contributed by atoms with Crippen molar-refractivity contribution in [3.63, 3.8) is 0 Å². The Kier molecular flexibility index (Phi) is 4.70. The van der Waals surface area contributed by atoms with Crippen LogP contribution in [0.1, 0.15) is 16.9 Å². The van der Waals surface area contributed by atoms with Gasteiger partial charge in [0.1, 0.15) is 16.5 Å². The number of aromatic nitrogens is 1. The van der Waals surface area contributed by atoms with Gasteiger partial charge in [0.15, 0.2) is 0 Å². The maximum atomic E-state index is 12.5. The summed E-state index contributed by atoms with van der Waals surface area (Å²) in [6, 6.07) is 7.72. The fourth-order valence-corrected chi connectivity index (χ4v) is 3.25. The highest BCUT2D eigenvalue weighted by molar-refractivity contribution is 7.13. The lowest BCUT2D eigenvalue weighted by atomic mass is 10.2. The van der Waals surface area contributed by atoms with Gasteiger partial charge in [-0.25, -0.2) is 4.98 Å². The third-order valence-corrected chi connectivity index (χ3v) is 4.58. The number of carbonyl (C=O) groups excluding carboxylic acids is 1. The van der Waals surface area contributed by atoms with Crippen molar-refractivity contribution in [1.29, 1.82) is 0 Å². The Morgan fingerprint density at radius 3 is 2.86 bits per heavy atom. The van der Waals surface area contributed by atoms with Crippen LogP contribution in [0, 0.1) is 0 Å². The largest absolute Gasteiger partial charge is 0.497 e. The molecule has 1 amide bonds. The van der Waals surface area contributed by atoms with E-state index in [2.05, 4.69) is 10.3 Å². The fraction of sp³-hybridized carbons (Fsp3) is 0.375. The summed E-state index contributed by atoms with van der Waals surface area (Å²) in [5.41, 5.74) is 1.54. The average molecular weight is 317 g/mol. The Hall–Kier alpha value is -1.92. The molecule has 0 spiro atoms. The number of ether oxygens (including phenoxy) is 1. The zero-order valence-electron chi connectivity index (χ0n) is 12.5.